The number of hydrogen-bond donors (Lipinski definition) is 1. The van der Waals surface area contributed by atoms with E-state index < -0.39 is 21.7 Å². The Morgan fingerprint density at radius 1 is 1.33 bits per heavy atom. The Labute approximate surface area is 157 Å². The molecule has 1 aromatic carbocycles. The van der Waals surface area contributed by atoms with Crippen molar-refractivity contribution in [3.05, 3.63) is 47.8 Å². The summed E-state index contributed by atoms with van der Waals surface area (Å²) in [5.41, 5.74) is 1.08. The number of sulfonamides is 1. The fourth-order valence-electron chi connectivity index (χ4n) is 3.39. The lowest BCUT2D eigenvalue weighted by molar-refractivity contribution is 0.112. The van der Waals surface area contributed by atoms with Crippen molar-refractivity contribution in [1.29, 1.82) is 0 Å². The highest BCUT2D eigenvalue weighted by Crippen LogP contribution is 2.29. The molecule has 0 radical (unpaired) electrons. The van der Waals surface area contributed by atoms with Gasteiger partial charge < -0.3 is 4.74 Å². The first-order chi connectivity index (χ1) is 12.7. The van der Waals surface area contributed by atoms with Gasteiger partial charge in [-0.15, -0.1) is 0 Å². The lowest BCUT2D eigenvalue weighted by atomic mass is 10.1. The number of likely N-dealkylation sites (tertiary alicyclic amines) is 1. The topological polar surface area (TPSA) is 76.5 Å². The number of nitrogens with zero attached hydrogens (tertiary/aromatic N) is 3. The van der Waals surface area contributed by atoms with Gasteiger partial charge in [0.15, 0.2) is 11.6 Å². The zero-order valence-electron chi connectivity index (χ0n) is 15.1. The molecule has 27 heavy (non-hydrogen) atoms. The largest absolute Gasteiger partial charge is 0.383 e. The molecule has 2 heterocycles. The third kappa shape index (κ3) is 5.02. The van der Waals surface area contributed by atoms with E-state index in [1.807, 2.05) is 0 Å². The number of nitrogens with one attached hydrogen (secondary N) is 1. The first-order valence-corrected chi connectivity index (χ1v) is 10.3. The van der Waals surface area contributed by atoms with Crippen LogP contribution < -0.4 is 4.72 Å². The fourth-order valence-corrected chi connectivity index (χ4v) is 3.92. The summed E-state index contributed by atoms with van der Waals surface area (Å²) in [6, 6.07) is 4.00. The predicted molar refractivity (Wildman–Crippen MR) is 96.8 cm³/mol. The molecule has 1 aliphatic rings. The molecule has 0 unspecified atom stereocenters. The zero-order valence-corrected chi connectivity index (χ0v) is 15.9. The molecule has 3 rings (SSSR count). The predicted octanol–water partition coefficient (Wildman–Crippen LogP) is 1.99. The second-order valence-electron chi connectivity index (χ2n) is 6.76. The van der Waals surface area contributed by atoms with Gasteiger partial charge >= 0.3 is 0 Å². The van der Waals surface area contributed by atoms with Crippen molar-refractivity contribution in [1.82, 2.24) is 14.7 Å². The van der Waals surface area contributed by atoms with Crippen LogP contribution in [0.15, 0.2) is 30.6 Å². The van der Waals surface area contributed by atoms with E-state index in [0.29, 0.717) is 30.9 Å². The number of anilines is 1. The van der Waals surface area contributed by atoms with Crippen LogP contribution in [0.25, 0.3) is 0 Å². The average molecular weight is 400 g/mol. The molecule has 0 spiro atoms. The van der Waals surface area contributed by atoms with Crippen molar-refractivity contribution in [3.8, 4) is 0 Å². The molecule has 2 aromatic rings. The summed E-state index contributed by atoms with van der Waals surface area (Å²) >= 11 is 0. The van der Waals surface area contributed by atoms with Crippen LogP contribution in [0.5, 0.6) is 0 Å². The second-order valence-corrected chi connectivity index (χ2v) is 8.51. The van der Waals surface area contributed by atoms with E-state index in [2.05, 4.69) is 14.7 Å². The molecule has 0 aliphatic carbocycles. The van der Waals surface area contributed by atoms with Gasteiger partial charge in [0, 0.05) is 32.4 Å². The molecule has 0 saturated carbocycles. The molecule has 0 amide bonds. The maximum atomic E-state index is 13.5. The minimum absolute atomic E-state index is 0.0190. The van der Waals surface area contributed by atoms with Crippen molar-refractivity contribution in [2.45, 2.75) is 25.0 Å². The van der Waals surface area contributed by atoms with Gasteiger partial charge in [-0.3, -0.25) is 14.3 Å². The molecular formula is C17H22F2N4O3S. The minimum Gasteiger partial charge on any atom is -0.383 e. The summed E-state index contributed by atoms with van der Waals surface area (Å²) in [6.45, 7) is 1.58. The average Bonchev–Trinajstić information content (AvgIpc) is 3.17. The van der Waals surface area contributed by atoms with Gasteiger partial charge in [0.05, 0.1) is 30.8 Å². The Balaban J connectivity index is 1.73. The number of rotatable bonds is 7. The van der Waals surface area contributed by atoms with Gasteiger partial charge in [-0.1, -0.05) is 6.07 Å². The van der Waals surface area contributed by atoms with Crippen LogP contribution in [0, 0.1) is 11.6 Å². The molecule has 0 bridgehead atoms. The van der Waals surface area contributed by atoms with E-state index in [4.69, 9.17) is 4.74 Å². The van der Waals surface area contributed by atoms with Gasteiger partial charge in [0.1, 0.15) is 0 Å². The molecule has 1 saturated heterocycles. The Hall–Kier alpha value is -2.04. The standard InChI is InChI=1S/C17H22F2N4O3S/c1-26-11-15-6-14(23-9-13(7-20-23)21-27(2,24)25)10-22(15)8-12-3-4-16(18)17(19)5-12/h3-5,7,9,14-15,21H,6,8,10-11H2,1-2H3/t14-,15-/m0/s1. The molecule has 1 aliphatic heterocycles. The summed E-state index contributed by atoms with van der Waals surface area (Å²) in [5.74, 6) is -1.73. The Morgan fingerprint density at radius 2 is 2.11 bits per heavy atom. The lowest BCUT2D eigenvalue weighted by Gasteiger charge is -2.23. The quantitative estimate of drug-likeness (QED) is 0.769. The van der Waals surface area contributed by atoms with Crippen molar-refractivity contribution in [3.63, 3.8) is 0 Å². The molecular weight excluding hydrogens is 378 g/mol. The third-order valence-corrected chi connectivity index (χ3v) is 5.12. The van der Waals surface area contributed by atoms with Crippen molar-refractivity contribution in [2.24, 2.45) is 0 Å². The van der Waals surface area contributed by atoms with E-state index in [9.17, 15) is 17.2 Å². The molecule has 2 atom stereocenters. The fraction of sp³-hybridized carbons (Fsp3) is 0.471. The van der Waals surface area contributed by atoms with Crippen LogP contribution in [-0.2, 0) is 21.3 Å². The minimum atomic E-state index is -3.37. The van der Waals surface area contributed by atoms with Gasteiger partial charge in [0.25, 0.3) is 0 Å². The van der Waals surface area contributed by atoms with E-state index in [1.165, 1.54) is 12.3 Å². The van der Waals surface area contributed by atoms with Gasteiger partial charge in [-0.05, 0) is 24.1 Å². The number of ether oxygens (including phenoxy) is 1. The highest BCUT2D eigenvalue weighted by atomic mass is 32.2. The smallest absolute Gasteiger partial charge is 0.229 e. The van der Waals surface area contributed by atoms with Gasteiger partial charge in [-0.25, -0.2) is 17.2 Å². The first kappa shape index (κ1) is 19.7. The number of benzene rings is 1. The number of hydrogen-bond acceptors (Lipinski definition) is 5. The number of aromatic nitrogens is 2. The van der Waals surface area contributed by atoms with E-state index >= 15 is 0 Å². The summed E-state index contributed by atoms with van der Waals surface area (Å²) in [5, 5.41) is 4.26. The van der Waals surface area contributed by atoms with E-state index in [0.717, 1.165) is 18.7 Å². The second kappa shape index (κ2) is 7.91. The monoisotopic (exact) mass is 400 g/mol. The van der Waals surface area contributed by atoms with Gasteiger partial charge in [0.2, 0.25) is 10.0 Å². The van der Waals surface area contributed by atoms with Crippen LogP contribution in [0.2, 0.25) is 0 Å². The van der Waals surface area contributed by atoms with Crippen molar-refractivity contribution >= 4 is 15.7 Å². The Kier molecular flexibility index (Phi) is 5.78. The van der Waals surface area contributed by atoms with Crippen molar-refractivity contribution in [2.75, 3.05) is 31.2 Å². The maximum Gasteiger partial charge on any atom is 0.229 e. The molecule has 7 nitrogen and oxygen atoms in total. The highest BCUT2D eigenvalue weighted by Gasteiger charge is 2.33. The maximum absolute atomic E-state index is 13.5. The molecule has 1 fully saturated rings. The van der Waals surface area contributed by atoms with Crippen LogP contribution in [0.3, 0.4) is 0 Å². The third-order valence-electron chi connectivity index (χ3n) is 4.51. The number of halogens is 2. The van der Waals surface area contributed by atoms with Crippen molar-refractivity contribution < 1.29 is 21.9 Å². The van der Waals surface area contributed by atoms with Crippen LogP contribution >= 0.6 is 0 Å². The zero-order chi connectivity index (χ0) is 19.6. The highest BCUT2D eigenvalue weighted by molar-refractivity contribution is 7.92. The normalized spacial score (nSPS) is 20.9. The number of methoxy groups -OCH3 is 1. The van der Waals surface area contributed by atoms with Crippen LogP contribution in [-0.4, -0.2) is 55.7 Å². The molecule has 1 N–H and O–H groups in total. The summed E-state index contributed by atoms with van der Waals surface area (Å²) in [6.07, 6.45) is 4.94. The molecule has 10 heteroatoms. The lowest BCUT2D eigenvalue weighted by Crippen LogP contribution is -2.32. The molecule has 1 aromatic heterocycles. The summed E-state index contributed by atoms with van der Waals surface area (Å²) in [4.78, 5) is 2.13. The first-order valence-electron chi connectivity index (χ1n) is 8.44. The summed E-state index contributed by atoms with van der Waals surface area (Å²) < 4.78 is 58.7. The van der Waals surface area contributed by atoms with E-state index in [-0.39, 0.29) is 12.1 Å². The van der Waals surface area contributed by atoms with Crippen LogP contribution in [0.1, 0.15) is 18.0 Å². The molecule has 148 valence electrons. The van der Waals surface area contributed by atoms with E-state index in [1.54, 1.807) is 24.1 Å². The Bertz CT molecular complexity index is 903. The Morgan fingerprint density at radius 3 is 2.78 bits per heavy atom. The summed E-state index contributed by atoms with van der Waals surface area (Å²) in [7, 11) is -1.75. The van der Waals surface area contributed by atoms with Gasteiger partial charge in [-0.2, -0.15) is 5.10 Å². The SMILES string of the molecule is COC[C@@H]1C[C@H](n2cc(NS(C)(=O)=O)cn2)CN1Cc1ccc(F)c(F)c1. The van der Waals surface area contributed by atoms with Crippen LogP contribution in [0.4, 0.5) is 14.5 Å².